The molecule has 2 heterocycles. The quantitative estimate of drug-likeness (QED) is 0.230. The van der Waals surface area contributed by atoms with Crippen LogP contribution in [0.25, 0.3) is 0 Å². The smallest absolute Gasteiger partial charge is 0.240 e. The van der Waals surface area contributed by atoms with Crippen LogP contribution in [0.4, 0.5) is 11.4 Å². The molecule has 4 aromatic rings. The molecular weight excluding hydrogens is 608 g/mol. The van der Waals surface area contributed by atoms with Crippen molar-refractivity contribution in [3.63, 3.8) is 0 Å². The first kappa shape index (κ1) is 30.9. The number of carbonyl (C=O) groups is 1. The summed E-state index contributed by atoms with van der Waals surface area (Å²) in [6.45, 7) is 0.962. The topological polar surface area (TPSA) is 128 Å². The highest BCUT2D eigenvalue weighted by atomic mass is 32.2. The van der Waals surface area contributed by atoms with Crippen molar-refractivity contribution in [1.29, 1.82) is 0 Å². The Kier molecular flexibility index (Phi) is 9.08. The van der Waals surface area contributed by atoms with Crippen LogP contribution in [-0.4, -0.2) is 54.0 Å². The third-order valence-corrected chi connectivity index (χ3v) is 9.17. The summed E-state index contributed by atoms with van der Waals surface area (Å²) < 4.78 is 49.7. The van der Waals surface area contributed by atoms with E-state index in [2.05, 4.69) is 10.0 Å². The molecule has 0 saturated carbocycles. The van der Waals surface area contributed by atoms with E-state index in [0.717, 1.165) is 28.3 Å². The molecule has 4 aromatic carbocycles. The molecule has 0 fully saturated rings. The van der Waals surface area contributed by atoms with Gasteiger partial charge in [-0.05, 0) is 84.4 Å². The van der Waals surface area contributed by atoms with Gasteiger partial charge in [-0.1, -0.05) is 12.1 Å². The first-order valence-corrected chi connectivity index (χ1v) is 16.3. The maximum absolute atomic E-state index is 12.8. The third kappa shape index (κ3) is 6.93. The van der Waals surface area contributed by atoms with E-state index in [1.54, 1.807) is 25.3 Å². The Balaban J connectivity index is 1.16. The molecule has 11 nitrogen and oxygen atoms in total. The fraction of sp³-hybridized carbons (Fsp3) is 0.235. The molecule has 0 spiro atoms. The van der Waals surface area contributed by atoms with Crippen molar-refractivity contribution in [2.75, 3.05) is 44.3 Å². The number of ether oxygens (including phenoxy) is 4. The molecule has 0 radical (unpaired) electrons. The molecule has 0 bridgehead atoms. The molecule has 238 valence electrons. The standard InChI is InChI=1S/C34H34N4O7S/c1-42-27-9-7-26(8-10-27)38-31(22-30(37-38)23-6-15-32-33(21-23)45-19-18-44-32)24-4-3-5-25(20-24)36-34(39)16-17-35-46(40,41)29-13-11-28(43-2)12-14-29/h3-15,20-21,31,35H,16-19,22H2,1-2H3,(H,36,39). The Morgan fingerprint density at radius 3 is 2.30 bits per heavy atom. The molecule has 2 N–H and O–H groups in total. The van der Waals surface area contributed by atoms with E-state index >= 15 is 0 Å². The number of amides is 1. The summed E-state index contributed by atoms with van der Waals surface area (Å²) in [4.78, 5) is 12.9. The summed E-state index contributed by atoms with van der Waals surface area (Å²) >= 11 is 0. The monoisotopic (exact) mass is 642 g/mol. The fourth-order valence-electron chi connectivity index (χ4n) is 5.32. The van der Waals surface area contributed by atoms with Gasteiger partial charge in [0.2, 0.25) is 15.9 Å². The van der Waals surface area contributed by atoms with Crippen molar-refractivity contribution in [3.8, 4) is 23.0 Å². The zero-order valence-corrected chi connectivity index (χ0v) is 26.3. The van der Waals surface area contributed by atoms with Crippen LogP contribution in [0.5, 0.6) is 23.0 Å². The highest BCUT2D eigenvalue weighted by Gasteiger charge is 2.31. The lowest BCUT2D eigenvalue weighted by atomic mass is 9.97. The summed E-state index contributed by atoms with van der Waals surface area (Å²) in [5.74, 6) is 2.39. The number of nitrogens with one attached hydrogen (secondary N) is 2. The Hall–Kier alpha value is -5.07. The number of carbonyl (C=O) groups excluding carboxylic acids is 1. The van der Waals surface area contributed by atoms with Gasteiger partial charge in [-0.25, -0.2) is 13.1 Å². The SMILES string of the molecule is COc1ccc(N2N=C(c3ccc4c(c3)OCCO4)CC2c2cccc(NC(=O)CCNS(=O)(=O)c3ccc(OC)cc3)c2)cc1. The van der Waals surface area contributed by atoms with E-state index in [-0.39, 0.29) is 29.8 Å². The van der Waals surface area contributed by atoms with Crippen LogP contribution in [0.3, 0.4) is 0 Å². The molecule has 0 saturated heterocycles. The average Bonchev–Trinajstić information content (AvgIpc) is 3.54. The predicted molar refractivity (Wildman–Crippen MR) is 175 cm³/mol. The highest BCUT2D eigenvalue weighted by Crippen LogP contribution is 2.39. The summed E-state index contributed by atoms with van der Waals surface area (Å²) in [5.41, 5.74) is 4.26. The van der Waals surface area contributed by atoms with Crippen LogP contribution in [0, 0.1) is 0 Å². The summed E-state index contributed by atoms with van der Waals surface area (Å²) in [6, 6.07) is 27.0. The predicted octanol–water partition coefficient (Wildman–Crippen LogP) is 5.14. The molecule has 1 amide bonds. The van der Waals surface area contributed by atoms with Gasteiger partial charge in [-0.15, -0.1) is 0 Å². The van der Waals surface area contributed by atoms with Gasteiger partial charge in [0.25, 0.3) is 0 Å². The number of hydrogen-bond acceptors (Lipinski definition) is 9. The molecule has 0 aliphatic carbocycles. The second-order valence-electron chi connectivity index (χ2n) is 10.7. The van der Waals surface area contributed by atoms with Gasteiger partial charge < -0.3 is 24.3 Å². The lowest BCUT2D eigenvalue weighted by Crippen LogP contribution is -2.27. The zero-order valence-electron chi connectivity index (χ0n) is 25.4. The van der Waals surface area contributed by atoms with Crippen molar-refractivity contribution in [2.45, 2.75) is 23.8 Å². The minimum atomic E-state index is -3.77. The number of methoxy groups -OCH3 is 2. The van der Waals surface area contributed by atoms with Crippen molar-refractivity contribution in [3.05, 3.63) is 102 Å². The van der Waals surface area contributed by atoms with Crippen LogP contribution >= 0.6 is 0 Å². The van der Waals surface area contributed by atoms with E-state index in [1.807, 2.05) is 65.7 Å². The second-order valence-corrected chi connectivity index (χ2v) is 12.4. The molecule has 1 atom stereocenters. The van der Waals surface area contributed by atoms with Crippen LogP contribution < -0.4 is 34.0 Å². The van der Waals surface area contributed by atoms with Crippen molar-refractivity contribution < 1.29 is 32.2 Å². The van der Waals surface area contributed by atoms with Crippen molar-refractivity contribution in [1.82, 2.24) is 4.72 Å². The van der Waals surface area contributed by atoms with Gasteiger partial charge in [0, 0.05) is 30.6 Å². The Morgan fingerprint density at radius 2 is 1.59 bits per heavy atom. The number of anilines is 2. The maximum Gasteiger partial charge on any atom is 0.240 e. The molecule has 6 rings (SSSR count). The summed E-state index contributed by atoms with van der Waals surface area (Å²) in [7, 11) is -0.634. The van der Waals surface area contributed by atoms with Gasteiger partial charge in [-0.3, -0.25) is 9.80 Å². The number of hydrazone groups is 1. The number of hydrogen-bond donors (Lipinski definition) is 2. The van der Waals surface area contributed by atoms with Crippen LogP contribution in [-0.2, 0) is 14.8 Å². The lowest BCUT2D eigenvalue weighted by molar-refractivity contribution is -0.116. The molecule has 1 unspecified atom stereocenters. The molecule has 2 aliphatic heterocycles. The lowest BCUT2D eigenvalue weighted by Gasteiger charge is -2.24. The minimum Gasteiger partial charge on any atom is -0.497 e. The molecule has 0 aromatic heterocycles. The van der Waals surface area contributed by atoms with Crippen LogP contribution in [0.1, 0.15) is 30.0 Å². The number of sulfonamides is 1. The van der Waals surface area contributed by atoms with Gasteiger partial charge in [0.15, 0.2) is 11.5 Å². The Morgan fingerprint density at radius 1 is 0.891 bits per heavy atom. The zero-order chi connectivity index (χ0) is 32.1. The minimum absolute atomic E-state index is 0.0433. The van der Waals surface area contributed by atoms with Gasteiger partial charge in [0.05, 0.1) is 36.6 Å². The largest absolute Gasteiger partial charge is 0.497 e. The first-order valence-electron chi connectivity index (χ1n) is 14.8. The van der Waals surface area contributed by atoms with Crippen molar-refractivity contribution in [2.24, 2.45) is 5.10 Å². The van der Waals surface area contributed by atoms with E-state index < -0.39 is 10.0 Å². The van der Waals surface area contributed by atoms with Crippen molar-refractivity contribution >= 4 is 33.0 Å². The molecule has 46 heavy (non-hydrogen) atoms. The Labute approximate surface area is 267 Å². The number of nitrogens with zero attached hydrogens (tertiary/aromatic N) is 2. The molecule has 12 heteroatoms. The maximum atomic E-state index is 12.8. The second kappa shape index (κ2) is 13.5. The number of benzene rings is 4. The van der Waals surface area contributed by atoms with E-state index in [0.29, 0.717) is 42.6 Å². The van der Waals surface area contributed by atoms with Gasteiger partial charge in [-0.2, -0.15) is 5.10 Å². The third-order valence-electron chi connectivity index (χ3n) is 7.69. The first-order chi connectivity index (χ1) is 22.3. The number of fused-ring (bicyclic) bond motifs is 1. The summed E-state index contributed by atoms with van der Waals surface area (Å²) in [6.07, 6.45) is 0.564. The van der Waals surface area contributed by atoms with E-state index in [9.17, 15) is 13.2 Å². The summed E-state index contributed by atoms with van der Waals surface area (Å²) in [5, 5.41) is 9.91. The highest BCUT2D eigenvalue weighted by molar-refractivity contribution is 7.89. The van der Waals surface area contributed by atoms with E-state index in [1.165, 1.54) is 19.2 Å². The number of rotatable bonds is 11. The Bertz CT molecular complexity index is 1840. The normalized spacial score (nSPS) is 15.7. The molecule has 2 aliphatic rings. The molecular formula is C34H34N4O7S. The van der Waals surface area contributed by atoms with Gasteiger partial charge >= 0.3 is 0 Å². The van der Waals surface area contributed by atoms with Gasteiger partial charge in [0.1, 0.15) is 24.7 Å². The van der Waals surface area contributed by atoms with E-state index in [4.69, 9.17) is 24.0 Å². The van der Waals surface area contributed by atoms with Crippen LogP contribution in [0.2, 0.25) is 0 Å². The fourth-order valence-corrected chi connectivity index (χ4v) is 6.36. The van der Waals surface area contributed by atoms with Crippen LogP contribution in [0.15, 0.2) is 101 Å². The average molecular weight is 643 g/mol.